The molecule has 0 radical (unpaired) electrons. The summed E-state index contributed by atoms with van der Waals surface area (Å²) < 4.78 is 42.7. The van der Waals surface area contributed by atoms with Gasteiger partial charge in [-0.1, -0.05) is 0 Å². The molecular formula is C11H11F3O2. The second-order valence-electron chi connectivity index (χ2n) is 3.43. The van der Waals surface area contributed by atoms with E-state index in [9.17, 15) is 18.0 Å². The number of halogens is 3. The molecule has 1 aromatic carbocycles. The van der Waals surface area contributed by atoms with Gasteiger partial charge in [0, 0.05) is 5.56 Å². The Bertz CT molecular complexity index is 422. The van der Waals surface area contributed by atoms with Crippen LogP contribution in [0.4, 0.5) is 13.2 Å². The summed E-state index contributed by atoms with van der Waals surface area (Å²) in [5, 5.41) is 0. The first-order valence-electron chi connectivity index (χ1n) is 4.54. The first-order chi connectivity index (χ1) is 7.27. The number of aryl methyl sites for hydroxylation is 1. The lowest BCUT2D eigenvalue weighted by Gasteiger charge is -2.15. The van der Waals surface area contributed by atoms with Crippen molar-refractivity contribution in [1.82, 2.24) is 0 Å². The van der Waals surface area contributed by atoms with Crippen LogP contribution in [0.5, 0.6) is 5.75 Å². The molecule has 88 valence electrons. The van der Waals surface area contributed by atoms with Crippen LogP contribution in [0.1, 0.15) is 28.4 Å². The quantitative estimate of drug-likeness (QED) is 0.732. The summed E-state index contributed by atoms with van der Waals surface area (Å²) in [7, 11) is 1.17. The highest BCUT2D eigenvalue weighted by Gasteiger charge is 2.35. The van der Waals surface area contributed by atoms with Gasteiger partial charge in [-0.2, -0.15) is 13.2 Å². The molecule has 1 aromatic rings. The smallest absolute Gasteiger partial charge is 0.419 e. The molecule has 5 heteroatoms. The number of alkyl halides is 3. The van der Waals surface area contributed by atoms with Crippen molar-refractivity contribution in [2.45, 2.75) is 20.0 Å². The number of carbonyl (C=O) groups is 1. The fraction of sp³-hybridized carbons (Fsp3) is 0.364. The average molecular weight is 232 g/mol. The van der Waals surface area contributed by atoms with Gasteiger partial charge in [0.05, 0.1) is 12.7 Å². The van der Waals surface area contributed by atoms with Gasteiger partial charge in [0.2, 0.25) is 0 Å². The average Bonchev–Trinajstić information content (AvgIpc) is 2.14. The van der Waals surface area contributed by atoms with Crippen LogP contribution in [0.25, 0.3) is 0 Å². The van der Waals surface area contributed by atoms with Gasteiger partial charge in [-0.15, -0.1) is 0 Å². The predicted octanol–water partition coefficient (Wildman–Crippen LogP) is 3.23. The molecule has 0 aromatic heterocycles. The van der Waals surface area contributed by atoms with Gasteiger partial charge in [0.1, 0.15) is 5.75 Å². The number of hydrogen-bond acceptors (Lipinski definition) is 2. The van der Waals surface area contributed by atoms with Gasteiger partial charge in [-0.25, -0.2) is 0 Å². The molecule has 0 fully saturated rings. The van der Waals surface area contributed by atoms with E-state index in [1.807, 2.05) is 0 Å². The van der Waals surface area contributed by atoms with Gasteiger partial charge in [-0.05, 0) is 31.5 Å². The number of benzene rings is 1. The van der Waals surface area contributed by atoms with Crippen LogP contribution < -0.4 is 4.74 Å². The molecule has 0 aliphatic rings. The molecular weight excluding hydrogens is 221 g/mol. The third-order valence-electron chi connectivity index (χ3n) is 2.19. The van der Waals surface area contributed by atoms with E-state index in [2.05, 4.69) is 0 Å². The molecule has 0 aliphatic carbocycles. The van der Waals surface area contributed by atoms with Crippen molar-refractivity contribution in [3.05, 3.63) is 28.8 Å². The maximum absolute atomic E-state index is 12.7. The first kappa shape index (κ1) is 12.5. The summed E-state index contributed by atoms with van der Waals surface area (Å²) in [6.45, 7) is 2.70. The zero-order valence-electron chi connectivity index (χ0n) is 9.11. The van der Waals surface area contributed by atoms with E-state index < -0.39 is 17.5 Å². The van der Waals surface area contributed by atoms with Gasteiger partial charge in [-0.3, -0.25) is 4.79 Å². The Morgan fingerprint density at radius 3 is 2.25 bits per heavy atom. The van der Waals surface area contributed by atoms with Crippen molar-refractivity contribution in [3.8, 4) is 5.75 Å². The van der Waals surface area contributed by atoms with E-state index in [1.54, 1.807) is 0 Å². The third-order valence-corrected chi connectivity index (χ3v) is 2.19. The van der Waals surface area contributed by atoms with Gasteiger partial charge >= 0.3 is 6.18 Å². The Morgan fingerprint density at radius 2 is 1.88 bits per heavy atom. The lowest BCUT2D eigenvalue weighted by Crippen LogP contribution is -2.10. The van der Waals surface area contributed by atoms with Gasteiger partial charge in [0.25, 0.3) is 0 Å². The number of rotatable bonds is 2. The molecule has 0 saturated carbocycles. The molecule has 0 N–H and O–H groups in total. The summed E-state index contributed by atoms with van der Waals surface area (Å²) in [5.41, 5.74) is -0.589. The van der Waals surface area contributed by atoms with E-state index in [0.29, 0.717) is 5.56 Å². The van der Waals surface area contributed by atoms with Crippen molar-refractivity contribution in [2.75, 3.05) is 7.11 Å². The standard InChI is InChI=1S/C11H11F3O2/c1-6-4-8(7(2)15)5-9(10(6)16-3)11(12,13)14/h4-5H,1-3H3. The summed E-state index contributed by atoms with van der Waals surface area (Å²) in [5.74, 6) is -0.645. The highest BCUT2D eigenvalue weighted by atomic mass is 19.4. The molecule has 1 rings (SSSR count). The summed E-state index contributed by atoms with van der Waals surface area (Å²) in [4.78, 5) is 11.1. The van der Waals surface area contributed by atoms with Crippen molar-refractivity contribution in [1.29, 1.82) is 0 Å². The number of ether oxygens (including phenoxy) is 1. The second kappa shape index (κ2) is 4.15. The predicted molar refractivity (Wildman–Crippen MR) is 52.7 cm³/mol. The minimum Gasteiger partial charge on any atom is -0.496 e. The van der Waals surface area contributed by atoms with Gasteiger partial charge in [0.15, 0.2) is 5.78 Å². The minimum atomic E-state index is -4.53. The van der Waals surface area contributed by atoms with Gasteiger partial charge < -0.3 is 4.74 Å². The van der Waals surface area contributed by atoms with Crippen LogP contribution in [0.2, 0.25) is 0 Å². The van der Waals surface area contributed by atoms with Crippen LogP contribution in [0, 0.1) is 6.92 Å². The summed E-state index contributed by atoms with van der Waals surface area (Å²) >= 11 is 0. The Morgan fingerprint density at radius 1 is 1.31 bits per heavy atom. The lowest BCUT2D eigenvalue weighted by atomic mass is 10.0. The third kappa shape index (κ3) is 2.35. The van der Waals surface area contributed by atoms with Crippen molar-refractivity contribution in [3.63, 3.8) is 0 Å². The number of Topliss-reactive ketones (excluding diaryl/α,β-unsaturated/α-hetero) is 1. The zero-order valence-corrected chi connectivity index (χ0v) is 9.11. The molecule has 0 aliphatic heterocycles. The van der Waals surface area contributed by atoms with Crippen molar-refractivity contribution in [2.24, 2.45) is 0 Å². The first-order valence-corrected chi connectivity index (χ1v) is 4.54. The largest absolute Gasteiger partial charge is 0.496 e. The lowest BCUT2D eigenvalue weighted by molar-refractivity contribution is -0.138. The fourth-order valence-corrected chi connectivity index (χ4v) is 1.46. The summed E-state index contributed by atoms with van der Waals surface area (Å²) in [6, 6.07) is 2.20. The van der Waals surface area contributed by atoms with Crippen LogP contribution in [-0.2, 0) is 6.18 Å². The molecule has 0 bridgehead atoms. The molecule has 0 unspecified atom stereocenters. The highest BCUT2D eigenvalue weighted by molar-refractivity contribution is 5.94. The maximum Gasteiger partial charge on any atom is 0.419 e. The molecule has 0 heterocycles. The Labute approximate surface area is 91.0 Å². The Balaban J connectivity index is 3.49. The normalized spacial score (nSPS) is 11.4. The van der Waals surface area contributed by atoms with Crippen LogP contribution in [-0.4, -0.2) is 12.9 Å². The van der Waals surface area contributed by atoms with E-state index in [4.69, 9.17) is 4.74 Å². The van der Waals surface area contributed by atoms with Crippen LogP contribution in [0.3, 0.4) is 0 Å². The molecule has 0 spiro atoms. The van der Waals surface area contributed by atoms with E-state index in [1.165, 1.54) is 27.0 Å². The molecule has 0 atom stereocenters. The minimum absolute atomic E-state index is 0.0330. The monoisotopic (exact) mass is 232 g/mol. The van der Waals surface area contributed by atoms with Crippen molar-refractivity contribution >= 4 is 5.78 Å². The Kier molecular flexibility index (Phi) is 3.26. The van der Waals surface area contributed by atoms with Crippen LogP contribution >= 0.6 is 0 Å². The van der Waals surface area contributed by atoms with E-state index in [-0.39, 0.29) is 11.3 Å². The number of ketones is 1. The van der Waals surface area contributed by atoms with Crippen molar-refractivity contribution < 1.29 is 22.7 Å². The molecule has 0 saturated heterocycles. The SMILES string of the molecule is COc1c(C)cc(C(C)=O)cc1C(F)(F)F. The Hall–Kier alpha value is -1.52. The topological polar surface area (TPSA) is 26.3 Å². The molecule has 16 heavy (non-hydrogen) atoms. The number of methoxy groups -OCH3 is 1. The molecule has 0 amide bonds. The number of carbonyl (C=O) groups excluding carboxylic acids is 1. The second-order valence-corrected chi connectivity index (χ2v) is 3.43. The van der Waals surface area contributed by atoms with E-state index >= 15 is 0 Å². The maximum atomic E-state index is 12.7. The van der Waals surface area contributed by atoms with Crippen LogP contribution in [0.15, 0.2) is 12.1 Å². The molecule has 2 nitrogen and oxygen atoms in total. The van der Waals surface area contributed by atoms with E-state index in [0.717, 1.165) is 6.07 Å². The zero-order chi connectivity index (χ0) is 12.5. The number of hydrogen-bond donors (Lipinski definition) is 0. The highest BCUT2D eigenvalue weighted by Crippen LogP contribution is 2.38. The fourth-order valence-electron chi connectivity index (χ4n) is 1.46. The summed E-state index contributed by atoms with van der Waals surface area (Å²) in [6.07, 6.45) is -4.53.